The molecule has 108 valence electrons. The molecule has 3 N–H and O–H groups in total. The summed E-state index contributed by atoms with van der Waals surface area (Å²) in [6.45, 7) is 3.11. The quantitative estimate of drug-likeness (QED) is 0.676. The molecular weight excluding hydrogens is 270 g/mol. The Labute approximate surface area is 112 Å². The molecule has 1 aromatic heterocycles. The summed E-state index contributed by atoms with van der Waals surface area (Å²) in [7, 11) is -0.701. The molecule has 0 spiro atoms. The Morgan fingerprint density at radius 3 is 2.53 bits per heavy atom. The molecule has 0 unspecified atom stereocenters. The molecule has 0 aliphatic carbocycles. The molecule has 0 aliphatic rings. The average Bonchev–Trinajstić information content (AvgIpc) is 2.71. The standard InChI is InChI=1S/C11H19N3O4S/c1-11(2,7-15)13-10(16)9-5-8(6-14(9)4)19(17,18)12-3/h5-6,12,15H,7H2,1-4H3,(H,13,16). The molecule has 0 bridgehead atoms. The molecule has 0 atom stereocenters. The highest BCUT2D eigenvalue weighted by atomic mass is 32.2. The Bertz CT molecular complexity index is 575. The molecule has 1 heterocycles. The summed E-state index contributed by atoms with van der Waals surface area (Å²) >= 11 is 0. The molecule has 0 aliphatic heterocycles. The van der Waals surface area contributed by atoms with Crippen molar-refractivity contribution in [2.24, 2.45) is 7.05 Å². The van der Waals surface area contributed by atoms with Crippen LogP contribution in [0.5, 0.6) is 0 Å². The second-order valence-electron chi connectivity index (χ2n) is 4.88. The van der Waals surface area contributed by atoms with Crippen LogP contribution < -0.4 is 10.0 Å². The van der Waals surface area contributed by atoms with Crippen LogP contribution in [0, 0.1) is 0 Å². The number of aliphatic hydroxyl groups excluding tert-OH is 1. The molecule has 7 nitrogen and oxygen atoms in total. The number of rotatable bonds is 5. The second kappa shape index (κ2) is 5.32. The third-order valence-electron chi connectivity index (χ3n) is 2.64. The SMILES string of the molecule is CNS(=O)(=O)c1cc(C(=O)NC(C)(C)CO)n(C)c1. The van der Waals surface area contributed by atoms with Crippen LogP contribution in [0.15, 0.2) is 17.2 Å². The van der Waals surface area contributed by atoms with Crippen molar-refractivity contribution in [3.05, 3.63) is 18.0 Å². The summed E-state index contributed by atoms with van der Waals surface area (Å²) < 4.78 is 26.9. The minimum atomic E-state index is -3.58. The normalized spacial score (nSPS) is 12.5. The van der Waals surface area contributed by atoms with Gasteiger partial charge in [-0.25, -0.2) is 13.1 Å². The van der Waals surface area contributed by atoms with Crippen molar-refractivity contribution in [3.8, 4) is 0 Å². The fraction of sp³-hybridized carbons (Fsp3) is 0.545. The Balaban J connectivity index is 3.07. The van der Waals surface area contributed by atoms with Crippen molar-refractivity contribution in [2.45, 2.75) is 24.3 Å². The van der Waals surface area contributed by atoms with E-state index in [1.807, 2.05) is 0 Å². The van der Waals surface area contributed by atoms with Crippen LogP contribution in [0.2, 0.25) is 0 Å². The smallest absolute Gasteiger partial charge is 0.268 e. The summed E-state index contributed by atoms with van der Waals surface area (Å²) in [5.74, 6) is -0.445. The third kappa shape index (κ3) is 3.55. The van der Waals surface area contributed by atoms with Crippen LogP contribution in [0.25, 0.3) is 0 Å². The van der Waals surface area contributed by atoms with E-state index in [4.69, 9.17) is 5.11 Å². The Morgan fingerprint density at radius 2 is 2.05 bits per heavy atom. The van der Waals surface area contributed by atoms with Crippen LogP contribution in [-0.4, -0.2) is 43.2 Å². The van der Waals surface area contributed by atoms with Gasteiger partial charge in [0.2, 0.25) is 10.0 Å². The van der Waals surface area contributed by atoms with Gasteiger partial charge in [0.05, 0.1) is 12.1 Å². The van der Waals surface area contributed by atoms with Gasteiger partial charge in [-0.15, -0.1) is 0 Å². The van der Waals surface area contributed by atoms with Crippen molar-refractivity contribution in [3.63, 3.8) is 0 Å². The monoisotopic (exact) mass is 289 g/mol. The van der Waals surface area contributed by atoms with E-state index < -0.39 is 21.5 Å². The van der Waals surface area contributed by atoms with Gasteiger partial charge in [0.15, 0.2) is 0 Å². The van der Waals surface area contributed by atoms with E-state index in [0.29, 0.717) is 0 Å². The predicted molar refractivity (Wildman–Crippen MR) is 70.3 cm³/mol. The van der Waals surface area contributed by atoms with Gasteiger partial charge in [-0.05, 0) is 27.0 Å². The maximum Gasteiger partial charge on any atom is 0.268 e. The van der Waals surface area contributed by atoms with Gasteiger partial charge in [0.1, 0.15) is 10.6 Å². The minimum absolute atomic E-state index is 0.0180. The van der Waals surface area contributed by atoms with Crippen LogP contribution in [0.3, 0.4) is 0 Å². The van der Waals surface area contributed by atoms with Gasteiger partial charge in [0.25, 0.3) is 5.91 Å². The summed E-state index contributed by atoms with van der Waals surface area (Å²) in [6, 6.07) is 1.29. The average molecular weight is 289 g/mol. The van der Waals surface area contributed by atoms with Crippen molar-refractivity contribution >= 4 is 15.9 Å². The number of hydrogen-bond donors (Lipinski definition) is 3. The van der Waals surface area contributed by atoms with Gasteiger partial charge in [-0.2, -0.15) is 0 Å². The first-order chi connectivity index (χ1) is 8.63. The van der Waals surface area contributed by atoms with Gasteiger partial charge in [-0.1, -0.05) is 0 Å². The molecule has 1 amide bonds. The summed E-state index contributed by atoms with van der Waals surface area (Å²) in [5.41, 5.74) is -0.570. The van der Waals surface area contributed by atoms with Crippen molar-refractivity contribution in [1.29, 1.82) is 0 Å². The van der Waals surface area contributed by atoms with Crippen LogP contribution >= 0.6 is 0 Å². The maximum atomic E-state index is 12.0. The number of aryl methyl sites for hydroxylation is 1. The predicted octanol–water partition coefficient (Wildman–Crippen LogP) is -0.566. The molecule has 0 radical (unpaired) electrons. The summed E-state index contributed by atoms with van der Waals surface area (Å²) in [6.07, 6.45) is 1.35. The largest absolute Gasteiger partial charge is 0.394 e. The van der Waals surface area contributed by atoms with Crippen LogP contribution in [-0.2, 0) is 17.1 Å². The number of nitrogens with one attached hydrogen (secondary N) is 2. The fourth-order valence-corrected chi connectivity index (χ4v) is 2.24. The van der Waals surface area contributed by atoms with Gasteiger partial charge >= 0.3 is 0 Å². The highest BCUT2D eigenvalue weighted by Gasteiger charge is 2.24. The lowest BCUT2D eigenvalue weighted by Gasteiger charge is -2.23. The fourth-order valence-electron chi connectivity index (χ4n) is 1.44. The highest BCUT2D eigenvalue weighted by Crippen LogP contribution is 2.14. The van der Waals surface area contributed by atoms with Crippen molar-refractivity contribution < 1.29 is 18.3 Å². The number of aromatic nitrogens is 1. The van der Waals surface area contributed by atoms with Crippen LogP contribution in [0.1, 0.15) is 24.3 Å². The number of aliphatic hydroxyl groups is 1. The maximum absolute atomic E-state index is 12.0. The number of hydrogen-bond acceptors (Lipinski definition) is 4. The van der Waals surface area contributed by atoms with Crippen LogP contribution in [0.4, 0.5) is 0 Å². The zero-order chi connectivity index (χ0) is 14.8. The van der Waals surface area contributed by atoms with Gasteiger partial charge in [-0.3, -0.25) is 4.79 Å². The molecule has 0 aromatic carbocycles. The third-order valence-corrected chi connectivity index (χ3v) is 4.02. The Morgan fingerprint density at radius 1 is 1.47 bits per heavy atom. The first-order valence-corrected chi connectivity index (χ1v) is 7.14. The molecule has 1 rings (SSSR count). The van der Waals surface area contributed by atoms with Crippen molar-refractivity contribution in [2.75, 3.05) is 13.7 Å². The number of amides is 1. The van der Waals surface area contributed by atoms with E-state index in [-0.39, 0.29) is 17.2 Å². The zero-order valence-corrected chi connectivity index (χ0v) is 12.2. The number of carbonyl (C=O) groups is 1. The van der Waals surface area contributed by atoms with Crippen molar-refractivity contribution in [1.82, 2.24) is 14.6 Å². The molecule has 8 heteroatoms. The molecule has 1 aromatic rings. The van der Waals surface area contributed by atoms with E-state index in [1.165, 1.54) is 23.9 Å². The lowest BCUT2D eigenvalue weighted by Crippen LogP contribution is -2.46. The van der Waals surface area contributed by atoms with Gasteiger partial charge in [0, 0.05) is 13.2 Å². The topological polar surface area (TPSA) is 100 Å². The van der Waals surface area contributed by atoms with E-state index >= 15 is 0 Å². The summed E-state index contributed by atoms with van der Waals surface area (Å²) in [5, 5.41) is 11.7. The zero-order valence-electron chi connectivity index (χ0n) is 11.4. The number of sulfonamides is 1. The summed E-state index contributed by atoms with van der Waals surface area (Å²) in [4.78, 5) is 12.0. The molecule has 0 saturated heterocycles. The molecular formula is C11H19N3O4S. The second-order valence-corrected chi connectivity index (χ2v) is 6.76. The Kier molecular flexibility index (Phi) is 4.39. The molecule has 0 fully saturated rings. The number of carbonyl (C=O) groups excluding carboxylic acids is 1. The number of nitrogens with zero attached hydrogens (tertiary/aromatic N) is 1. The highest BCUT2D eigenvalue weighted by molar-refractivity contribution is 7.89. The Hall–Kier alpha value is -1.38. The van der Waals surface area contributed by atoms with E-state index in [9.17, 15) is 13.2 Å². The first kappa shape index (κ1) is 15.7. The van der Waals surface area contributed by atoms with Gasteiger partial charge < -0.3 is 15.0 Å². The van der Waals surface area contributed by atoms with E-state index in [2.05, 4.69) is 10.0 Å². The lowest BCUT2D eigenvalue weighted by molar-refractivity contribution is 0.0861. The lowest BCUT2D eigenvalue weighted by atomic mass is 10.1. The van der Waals surface area contributed by atoms with E-state index in [0.717, 1.165) is 0 Å². The van der Waals surface area contributed by atoms with E-state index in [1.54, 1.807) is 20.9 Å². The minimum Gasteiger partial charge on any atom is -0.394 e. The first-order valence-electron chi connectivity index (χ1n) is 5.66. The molecule has 19 heavy (non-hydrogen) atoms. The molecule has 0 saturated carbocycles.